The van der Waals surface area contributed by atoms with Gasteiger partial charge in [0.05, 0.1) is 0 Å². The van der Waals surface area contributed by atoms with E-state index < -0.39 is 0 Å². The van der Waals surface area contributed by atoms with Gasteiger partial charge in [0, 0.05) is 18.0 Å². The van der Waals surface area contributed by atoms with Crippen molar-refractivity contribution in [3.05, 3.63) is 77.6 Å². The third kappa shape index (κ3) is 7.82. The predicted octanol–water partition coefficient (Wildman–Crippen LogP) is 7.58. The third-order valence-corrected chi connectivity index (χ3v) is 5.60. The van der Waals surface area contributed by atoms with Crippen molar-refractivity contribution < 1.29 is 4.74 Å². The predicted molar refractivity (Wildman–Crippen MR) is 129 cm³/mol. The van der Waals surface area contributed by atoms with Gasteiger partial charge < -0.3 is 4.74 Å². The number of ether oxygens (including phenoxy) is 1. The monoisotopic (exact) mass is 416 g/mol. The average molecular weight is 417 g/mol. The number of unbranched alkanes of at least 4 members (excludes halogenated alkanes) is 5. The lowest BCUT2D eigenvalue weighted by Gasteiger charge is -2.08. The number of rotatable bonds is 13. The summed E-state index contributed by atoms with van der Waals surface area (Å²) in [6.45, 7) is 5.04. The molecule has 0 spiro atoms. The SMILES string of the molecule is CCCCCCCCc1cnc(-c2ccc(OCc3ccc(CCC)cc3)cc2)nc1. The van der Waals surface area contributed by atoms with Gasteiger partial charge >= 0.3 is 0 Å². The quantitative estimate of drug-likeness (QED) is 0.269. The maximum Gasteiger partial charge on any atom is 0.159 e. The molecule has 0 amide bonds. The lowest BCUT2D eigenvalue weighted by molar-refractivity contribution is 0.306. The van der Waals surface area contributed by atoms with Crippen molar-refractivity contribution in [1.82, 2.24) is 9.97 Å². The summed E-state index contributed by atoms with van der Waals surface area (Å²) >= 11 is 0. The van der Waals surface area contributed by atoms with Crippen LogP contribution in [-0.4, -0.2) is 9.97 Å². The maximum atomic E-state index is 5.94. The normalized spacial score (nSPS) is 10.9. The minimum atomic E-state index is 0.579. The zero-order valence-corrected chi connectivity index (χ0v) is 19.1. The van der Waals surface area contributed by atoms with E-state index in [-0.39, 0.29) is 0 Å². The Morgan fingerprint density at radius 1 is 0.613 bits per heavy atom. The Balaban J connectivity index is 1.45. The van der Waals surface area contributed by atoms with Crippen molar-refractivity contribution in [2.75, 3.05) is 0 Å². The molecule has 0 aliphatic carbocycles. The highest BCUT2D eigenvalue weighted by atomic mass is 16.5. The fourth-order valence-corrected chi connectivity index (χ4v) is 3.70. The number of hydrogen-bond donors (Lipinski definition) is 0. The molecule has 0 bridgehead atoms. The summed E-state index contributed by atoms with van der Waals surface area (Å²) < 4.78 is 5.94. The smallest absolute Gasteiger partial charge is 0.159 e. The Morgan fingerprint density at radius 3 is 1.94 bits per heavy atom. The molecule has 1 heterocycles. The molecule has 2 aromatic carbocycles. The topological polar surface area (TPSA) is 35.0 Å². The Bertz CT molecular complexity index is 870. The van der Waals surface area contributed by atoms with Crippen molar-refractivity contribution in [3.63, 3.8) is 0 Å². The molecule has 3 aromatic rings. The summed E-state index contributed by atoms with van der Waals surface area (Å²) in [5.41, 5.74) is 4.81. The Morgan fingerprint density at radius 2 is 1.26 bits per heavy atom. The minimum absolute atomic E-state index is 0.579. The first-order valence-corrected chi connectivity index (χ1v) is 11.9. The van der Waals surface area contributed by atoms with Crippen LogP contribution in [0.1, 0.15) is 75.5 Å². The van der Waals surface area contributed by atoms with Crippen LogP contribution in [0.5, 0.6) is 5.75 Å². The second-order valence-electron chi connectivity index (χ2n) is 8.31. The zero-order valence-electron chi connectivity index (χ0n) is 19.1. The van der Waals surface area contributed by atoms with Crippen molar-refractivity contribution in [3.8, 4) is 17.1 Å². The van der Waals surface area contributed by atoms with Crippen LogP contribution < -0.4 is 4.74 Å². The van der Waals surface area contributed by atoms with Crippen LogP contribution >= 0.6 is 0 Å². The van der Waals surface area contributed by atoms with Crippen molar-refractivity contribution in [2.45, 2.75) is 78.2 Å². The van der Waals surface area contributed by atoms with Gasteiger partial charge in [-0.15, -0.1) is 0 Å². The number of benzene rings is 2. The van der Waals surface area contributed by atoms with Crippen LogP contribution in [0.3, 0.4) is 0 Å². The largest absolute Gasteiger partial charge is 0.489 e. The average Bonchev–Trinajstić information content (AvgIpc) is 2.82. The van der Waals surface area contributed by atoms with E-state index in [0.29, 0.717) is 6.61 Å². The highest BCUT2D eigenvalue weighted by Gasteiger charge is 2.04. The van der Waals surface area contributed by atoms with Gasteiger partial charge in [0.25, 0.3) is 0 Å². The van der Waals surface area contributed by atoms with E-state index in [9.17, 15) is 0 Å². The van der Waals surface area contributed by atoms with Gasteiger partial charge in [-0.25, -0.2) is 9.97 Å². The number of aromatic nitrogens is 2. The van der Waals surface area contributed by atoms with Gasteiger partial charge in [0.2, 0.25) is 0 Å². The molecule has 0 fully saturated rings. The molecule has 3 rings (SSSR count). The molecule has 3 nitrogen and oxygen atoms in total. The Labute approximate surface area is 187 Å². The van der Waals surface area contributed by atoms with E-state index in [1.165, 1.54) is 61.6 Å². The van der Waals surface area contributed by atoms with Crippen LogP contribution in [0.2, 0.25) is 0 Å². The molecule has 31 heavy (non-hydrogen) atoms. The van der Waals surface area contributed by atoms with Crippen LogP contribution in [0, 0.1) is 0 Å². The van der Waals surface area contributed by atoms with Gasteiger partial charge in [-0.05, 0) is 60.2 Å². The number of nitrogens with zero attached hydrogens (tertiary/aromatic N) is 2. The van der Waals surface area contributed by atoms with E-state index in [0.717, 1.165) is 30.0 Å². The second kappa shape index (κ2) is 12.9. The van der Waals surface area contributed by atoms with E-state index in [1.807, 2.05) is 36.7 Å². The number of hydrogen-bond acceptors (Lipinski definition) is 3. The molecule has 0 aliphatic rings. The Kier molecular flexibility index (Phi) is 9.56. The first kappa shape index (κ1) is 23.0. The van der Waals surface area contributed by atoms with Crippen molar-refractivity contribution in [1.29, 1.82) is 0 Å². The van der Waals surface area contributed by atoms with Crippen molar-refractivity contribution in [2.24, 2.45) is 0 Å². The van der Waals surface area contributed by atoms with Gasteiger partial charge in [-0.3, -0.25) is 0 Å². The summed E-state index contributed by atoms with van der Waals surface area (Å²) in [6, 6.07) is 16.7. The van der Waals surface area contributed by atoms with E-state index >= 15 is 0 Å². The molecule has 0 aliphatic heterocycles. The summed E-state index contributed by atoms with van der Waals surface area (Å²) in [4.78, 5) is 9.14. The summed E-state index contributed by atoms with van der Waals surface area (Å²) in [6.07, 6.45) is 15.2. The molecule has 1 aromatic heterocycles. The third-order valence-electron chi connectivity index (χ3n) is 5.60. The molecule has 0 saturated carbocycles. The molecular weight excluding hydrogens is 380 g/mol. The molecular formula is C28H36N2O. The van der Waals surface area contributed by atoms with E-state index in [2.05, 4.69) is 48.1 Å². The highest BCUT2D eigenvalue weighted by molar-refractivity contribution is 5.55. The fraction of sp³-hybridized carbons (Fsp3) is 0.429. The lowest BCUT2D eigenvalue weighted by Crippen LogP contribution is -1.96. The molecule has 0 unspecified atom stereocenters. The van der Waals surface area contributed by atoms with Crippen LogP contribution in [0.25, 0.3) is 11.4 Å². The van der Waals surface area contributed by atoms with Crippen LogP contribution in [0.15, 0.2) is 60.9 Å². The van der Waals surface area contributed by atoms with E-state index in [1.54, 1.807) is 0 Å². The van der Waals surface area contributed by atoms with Gasteiger partial charge in [0.1, 0.15) is 12.4 Å². The maximum absolute atomic E-state index is 5.94. The molecule has 0 radical (unpaired) electrons. The zero-order chi connectivity index (χ0) is 21.7. The highest BCUT2D eigenvalue weighted by Crippen LogP contribution is 2.20. The second-order valence-corrected chi connectivity index (χ2v) is 8.31. The molecule has 0 saturated heterocycles. The fourth-order valence-electron chi connectivity index (χ4n) is 3.70. The first-order chi connectivity index (χ1) is 15.3. The van der Waals surface area contributed by atoms with Crippen LogP contribution in [-0.2, 0) is 19.4 Å². The summed E-state index contributed by atoms with van der Waals surface area (Å²) in [7, 11) is 0. The van der Waals surface area contributed by atoms with Gasteiger partial charge in [0.15, 0.2) is 5.82 Å². The first-order valence-electron chi connectivity index (χ1n) is 11.9. The van der Waals surface area contributed by atoms with Gasteiger partial charge in [-0.1, -0.05) is 76.6 Å². The van der Waals surface area contributed by atoms with Gasteiger partial charge in [-0.2, -0.15) is 0 Å². The lowest BCUT2D eigenvalue weighted by atomic mass is 10.1. The summed E-state index contributed by atoms with van der Waals surface area (Å²) in [5, 5.41) is 0. The number of aryl methyl sites for hydroxylation is 2. The summed E-state index contributed by atoms with van der Waals surface area (Å²) in [5.74, 6) is 1.63. The Hall–Kier alpha value is -2.68. The standard InChI is InChI=1S/C28H36N2O/c1-3-5-6-7-8-9-11-25-20-29-28(30-21-25)26-16-18-27(19-17-26)31-22-24-14-12-23(10-4-2)13-15-24/h12-21H,3-11,22H2,1-2H3. The van der Waals surface area contributed by atoms with E-state index in [4.69, 9.17) is 4.74 Å². The molecule has 0 atom stereocenters. The molecule has 0 N–H and O–H groups in total. The minimum Gasteiger partial charge on any atom is -0.489 e. The molecule has 164 valence electrons. The van der Waals surface area contributed by atoms with Crippen LogP contribution in [0.4, 0.5) is 0 Å². The molecule has 3 heteroatoms. The van der Waals surface area contributed by atoms with Crippen molar-refractivity contribution >= 4 is 0 Å².